The summed E-state index contributed by atoms with van der Waals surface area (Å²) in [7, 11) is 3.56. The summed E-state index contributed by atoms with van der Waals surface area (Å²) < 4.78 is 11.4. The predicted octanol–water partition coefficient (Wildman–Crippen LogP) is 3.16. The van der Waals surface area contributed by atoms with Gasteiger partial charge in [0.25, 0.3) is 0 Å². The van der Waals surface area contributed by atoms with Crippen molar-refractivity contribution in [2.75, 3.05) is 45.3 Å². The van der Waals surface area contributed by atoms with E-state index in [9.17, 15) is 0 Å². The lowest BCUT2D eigenvalue weighted by molar-refractivity contribution is 0.383. The largest absolute Gasteiger partial charge is 0.496 e. The van der Waals surface area contributed by atoms with Crippen LogP contribution in [0.3, 0.4) is 0 Å². The lowest BCUT2D eigenvalue weighted by atomic mass is 9.90. The molecule has 3 rings (SSSR count). The van der Waals surface area contributed by atoms with Crippen molar-refractivity contribution in [1.82, 2.24) is 5.32 Å². The maximum atomic E-state index is 5.72. The van der Waals surface area contributed by atoms with Crippen molar-refractivity contribution in [2.24, 2.45) is 0 Å². The summed E-state index contributed by atoms with van der Waals surface area (Å²) in [5.41, 5.74) is 2.47. The molecule has 2 fully saturated rings. The van der Waals surface area contributed by atoms with E-state index in [4.69, 9.17) is 9.47 Å². The molecule has 122 valence electrons. The normalized spacial score (nSPS) is 22.5. The zero-order valence-electron chi connectivity index (χ0n) is 13.9. The third-order valence-electron chi connectivity index (χ3n) is 4.96. The molecule has 1 unspecified atom stereocenters. The lowest BCUT2D eigenvalue weighted by Crippen LogP contribution is -2.30. The summed E-state index contributed by atoms with van der Waals surface area (Å²) in [6, 6.07) is 4.40. The van der Waals surface area contributed by atoms with Gasteiger partial charge >= 0.3 is 0 Å². The molecule has 0 spiro atoms. The van der Waals surface area contributed by atoms with Crippen LogP contribution >= 0.6 is 0 Å². The average molecular weight is 304 g/mol. The predicted molar refractivity (Wildman–Crippen MR) is 90.5 cm³/mol. The summed E-state index contributed by atoms with van der Waals surface area (Å²) in [6.07, 6.45) is 6.31. The number of piperidine rings is 2. The fourth-order valence-corrected chi connectivity index (χ4v) is 3.72. The maximum absolute atomic E-state index is 5.72. The molecule has 1 aromatic carbocycles. The van der Waals surface area contributed by atoms with E-state index in [-0.39, 0.29) is 0 Å². The maximum Gasteiger partial charge on any atom is 0.142 e. The molecule has 2 aliphatic rings. The zero-order valence-corrected chi connectivity index (χ0v) is 13.9. The molecule has 0 amide bonds. The number of methoxy groups -OCH3 is 2. The minimum atomic E-state index is 0.521. The number of anilines is 1. The van der Waals surface area contributed by atoms with Crippen molar-refractivity contribution in [2.45, 2.75) is 38.0 Å². The van der Waals surface area contributed by atoms with Gasteiger partial charge in [-0.1, -0.05) is 0 Å². The topological polar surface area (TPSA) is 33.7 Å². The fourth-order valence-electron chi connectivity index (χ4n) is 3.72. The van der Waals surface area contributed by atoms with Crippen molar-refractivity contribution in [3.63, 3.8) is 0 Å². The highest BCUT2D eigenvalue weighted by molar-refractivity contribution is 5.65. The van der Waals surface area contributed by atoms with Crippen LogP contribution in [0.5, 0.6) is 11.5 Å². The first kappa shape index (κ1) is 15.5. The third kappa shape index (κ3) is 3.17. The van der Waals surface area contributed by atoms with Crippen LogP contribution in [0.15, 0.2) is 12.1 Å². The minimum absolute atomic E-state index is 0.521. The SMILES string of the molecule is COc1cc(N2CCCCC2)c(OC)cc1C1CCCNC1. The fraction of sp³-hybridized carbons (Fsp3) is 0.667. The molecule has 0 aromatic heterocycles. The Hall–Kier alpha value is -1.42. The number of hydrogen-bond acceptors (Lipinski definition) is 4. The number of hydrogen-bond donors (Lipinski definition) is 1. The van der Waals surface area contributed by atoms with Gasteiger partial charge in [-0.15, -0.1) is 0 Å². The third-order valence-corrected chi connectivity index (χ3v) is 4.96. The van der Waals surface area contributed by atoms with Gasteiger partial charge in [-0.3, -0.25) is 0 Å². The molecule has 1 N–H and O–H groups in total. The van der Waals surface area contributed by atoms with Crippen LogP contribution in [0.1, 0.15) is 43.6 Å². The highest BCUT2D eigenvalue weighted by atomic mass is 16.5. The first-order chi connectivity index (χ1) is 10.8. The van der Waals surface area contributed by atoms with Crippen LogP contribution in [0.25, 0.3) is 0 Å². The van der Waals surface area contributed by atoms with Gasteiger partial charge in [0.1, 0.15) is 11.5 Å². The molecular weight excluding hydrogens is 276 g/mol. The van der Waals surface area contributed by atoms with Gasteiger partial charge in [0, 0.05) is 37.2 Å². The standard InChI is InChI=1S/C18H28N2O2/c1-21-17-12-16(20-9-4-3-5-10-20)18(22-2)11-15(17)14-7-6-8-19-13-14/h11-12,14,19H,3-10,13H2,1-2H3. The van der Waals surface area contributed by atoms with E-state index in [0.717, 1.165) is 37.7 Å². The van der Waals surface area contributed by atoms with Crippen molar-refractivity contribution >= 4 is 5.69 Å². The summed E-state index contributed by atoms with van der Waals surface area (Å²) in [6.45, 7) is 4.39. The highest BCUT2D eigenvalue weighted by Crippen LogP contribution is 2.41. The number of nitrogens with zero attached hydrogens (tertiary/aromatic N) is 1. The Morgan fingerprint density at radius 3 is 2.41 bits per heavy atom. The molecule has 2 aliphatic heterocycles. The van der Waals surface area contributed by atoms with Gasteiger partial charge in [-0.05, 0) is 44.7 Å². The molecule has 22 heavy (non-hydrogen) atoms. The molecule has 1 atom stereocenters. The molecule has 2 saturated heterocycles. The lowest BCUT2D eigenvalue weighted by Gasteiger charge is -2.32. The molecule has 4 nitrogen and oxygen atoms in total. The molecule has 0 aliphatic carbocycles. The summed E-state index contributed by atoms with van der Waals surface area (Å²) >= 11 is 0. The van der Waals surface area contributed by atoms with Crippen LogP contribution in [-0.2, 0) is 0 Å². The zero-order chi connectivity index (χ0) is 15.4. The van der Waals surface area contributed by atoms with Crippen LogP contribution in [-0.4, -0.2) is 40.4 Å². The second-order valence-corrected chi connectivity index (χ2v) is 6.36. The summed E-state index contributed by atoms with van der Waals surface area (Å²) in [5, 5.41) is 3.49. The minimum Gasteiger partial charge on any atom is -0.496 e. The second-order valence-electron chi connectivity index (χ2n) is 6.36. The van der Waals surface area contributed by atoms with Crippen molar-refractivity contribution in [3.8, 4) is 11.5 Å². The molecule has 0 bridgehead atoms. The monoisotopic (exact) mass is 304 g/mol. The van der Waals surface area contributed by atoms with E-state index >= 15 is 0 Å². The molecular formula is C18H28N2O2. The Kier molecular flexibility index (Phi) is 5.08. The van der Waals surface area contributed by atoms with Gasteiger partial charge in [0.05, 0.1) is 19.9 Å². The Morgan fingerprint density at radius 2 is 1.77 bits per heavy atom. The molecule has 4 heteroatoms. The number of nitrogens with one attached hydrogen (secondary N) is 1. The van der Waals surface area contributed by atoms with Gasteiger partial charge < -0.3 is 19.7 Å². The van der Waals surface area contributed by atoms with Crippen LogP contribution in [0.2, 0.25) is 0 Å². The van der Waals surface area contributed by atoms with Gasteiger partial charge in [0.2, 0.25) is 0 Å². The first-order valence-corrected chi connectivity index (χ1v) is 8.55. The van der Waals surface area contributed by atoms with Crippen molar-refractivity contribution < 1.29 is 9.47 Å². The molecule has 0 saturated carbocycles. The average Bonchev–Trinajstić information content (AvgIpc) is 2.62. The second kappa shape index (κ2) is 7.23. The smallest absolute Gasteiger partial charge is 0.142 e. The highest BCUT2D eigenvalue weighted by Gasteiger charge is 2.23. The Bertz CT molecular complexity index is 446. The van der Waals surface area contributed by atoms with E-state index in [1.807, 2.05) is 0 Å². The van der Waals surface area contributed by atoms with E-state index in [2.05, 4.69) is 22.3 Å². The summed E-state index contributed by atoms with van der Waals surface area (Å²) in [4.78, 5) is 2.44. The van der Waals surface area contributed by atoms with Crippen LogP contribution in [0.4, 0.5) is 5.69 Å². The number of benzene rings is 1. The van der Waals surface area contributed by atoms with Crippen LogP contribution < -0.4 is 19.7 Å². The van der Waals surface area contributed by atoms with E-state index in [1.54, 1.807) is 14.2 Å². The van der Waals surface area contributed by atoms with Crippen LogP contribution in [0, 0.1) is 0 Å². The van der Waals surface area contributed by atoms with E-state index in [1.165, 1.54) is 43.4 Å². The van der Waals surface area contributed by atoms with Crippen molar-refractivity contribution in [1.29, 1.82) is 0 Å². The summed E-state index contributed by atoms with van der Waals surface area (Å²) in [5.74, 6) is 2.52. The first-order valence-electron chi connectivity index (χ1n) is 8.55. The Balaban J connectivity index is 1.94. The quantitative estimate of drug-likeness (QED) is 0.926. The van der Waals surface area contributed by atoms with Crippen molar-refractivity contribution in [3.05, 3.63) is 17.7 Å². The van der Waals surface area contributed by atoms with E-state index < -0.39 is 0 Å². The molecule has 0 radical (unpaired) electrons. The van der Waals surface area contributed by atoms with Gasteiger partial charge in [0.15, 0.2) is 0 Å². The van der Waals surface area contributed by atoms with E-state index in [0.29, 0.717) is 5.92 Å². The Morgan fingerprint density at radius 1 is 1.00 bits per heavy atom. The number of ether oxygens (including phenoxy) is 2. The Labute approximate surface area is 133 Å². The van der Waals surface area contributed by atoms with Gasteiger partial charge in [-0.2, -0.15) is 0 Å². The molecule has 1 aromatic rings. The number of rotatable bonds is 4. The van der Waals surface area contributed by atoms with Gasteiger partial charge in [-0.25, -0.2) is 0 Å². The molecule has 2 heterocycles.